The SMILES string of the molecule is O=C(C(Cc1ccccc1)n1cnnn1)N1CCC(O)(c2ccc(Cl)cc2)CC1. The van der Waals surface area contributed by atoms with Crippen LogP contribution in [0.5, 0.6) is 0 Å². The minimum absolute atomic E-state index is 0.0423. The van der Waals surface area contributed by atoms with Crippen molar-refractivity contribution in [1.82, 2.24) is 25.1 Å². The maximum Gasteiger partial charge on any atom is 0.247 e. The highest BCUT2D eigenvalue weighted by atomic mass is 35.5. The zero-order valence-corrected chi connectivity index (χ0v) is 16.6. The van der Waals surface area contributed by atoms with Crippen LogP contribution in [0.3, 0.4) is 0 Å². The first-order valence-corrected chi connectivity index (χ1v) is 9.96. The standard InChI is InChI=1S/C21H22ClN5O2/c22-18-8-6-17(7-9-18)21(29)10-12-26(13-11-21)20(28)19(27-15-23-24-25-27)14-16-4-2-1-3-5-16/h1-9,15,19,29H,10-14H2. The van der Waals surface area contributed by atoms with Crippen LogP contribution in [0, 0.1) is 0 Å². The Kier molecular flexibility index (Phi) is 5.60. The molecule has 2 heterocycles. The molecule has 3 aromatic rings. The largest absolute Gasteiger partial charge is 0.385 e. The number of nitrogens with zero attached hydrogens (tertiary/aromatic N) is 5. The first-order valence-electron chi connectivity index (χ1n) is 9.59. The Morgan fingerprint density at radius 3 is 2.41 bits per heavy atom. The molecule has 150 valence electrons. The van der Waals surface area contributed by atoms with Crippen molar-refractivity contribution >= 4 is 17.5 Å². The van der Waals surface area contributed by atoms with Gasteiger partial charge in [0.15, 0.2) is 0 Å². The number of hydrogen-bond donors (Lipinski definition) is 1. The third-order valence-corrected chi connectivity index (χ3v) is 5.78. The molecule has 8 heteroatoms. The van der Waals surface area contributed by atoms with Gasteiger partial charge in [0, 0.05) is 24.5 Å². The Hall–Kier alpha value is -2.77. The van der Waals surface area contributed by atoms with Crippen LogP contribution in [-0.4, -0.2) is 49.2 Å². The molecule has 1 fully saturated rings. The van der Waals surface area contributed by atoms with Gasteiger partial charge in [-0.1, -0.05) is 54.1 Å². The van der Waals surface area contributed by atoms with Crippen LogP contribution in [0.25, 0.3) is 0 Å². The molecule has 2 aromatic carbocycles. The summed E-state index contributed by atoms with van der Waals surface area (Å²) in [6.45, 7) is 0.927. The number of carbonyl (C=O) groups is 1. The molecule has 0 spiro atoms. The number of benzene rings is 2. The number of halogens is 1. The molecule has 29 heavy (non-hydrogen) atoms. The molecule has 1 saturated heterocycles. The lowest BCUT2D eigenvalue weighted by atomic mass is 9.84. The van der Waals surface area contributed by atoms with Crippen LogP contribution in [0.2, 0.25) is 5.02 Å². The second-order valence-electron chi connectivity index (χ2n) is 7.36. The topological polar surface area (TPSA) is 84.1 Å². The lowest BCUT2D eigenvalue weighted by Crippen LogP contribution is -2.47. The smallest absolute Gasteiger partial charge is 0.247 e. The number of carbonyl (C=O) groups excluding carboxylic acids is 1. The van der Waals surface area contributed by atoms with E-state index in [2.05, 4.69) is 15.5 Å². The van der Waals surface area contributed by atoms with Gasteiger partial charge >= 0.3 is 0 Å². The van der Waals surface area contributed by atoms with Crippen LogP contribution in [0.1, 0.15) is 30.0 Å². The summed E-state index contributed by atoms with van der Waals surface area (Å²) >= 11 is 5.96. The Morgan fingerprint density at radius 2 is 1.79 bits per heavy atom. The van der Waals surface area contributed by atoms with Crippen molar-refractivity contribution in [1.29, 1.82) is 0 Å². The number of tetrazole rings is 1. The van der Waals surface area contributed by atoms with Gasteiger partial charge in [0.2, 0.25) is 5.91 Å². The monoisotopic (exact) mass is 411 g/mol. The third-order valence-electron chi connectivity index (χ3n) is 5.52. The van der Waals surface area contributed by atoms with Gasteiger partial charge < -0.3 is 10.0 Å². The van der Waals surface area contributed by atoms with Crippen molar-refractivity contribution in [3.63, 3.8) is 0 Å². The van der Waals surface area contributed by atoms with E-state index >= 15 is 0 Å². The Morgan fingerprint density at radius 1 is 1.10 bits per heavy atom. The third kappa shape index (κ3) is 4.31. The first-order chi connectivity index (χ1) is 14.0. The minimum atomic E-state index is -0.953. The van der Waals surface area contributed by atoms with E-state index in [4.69, 9.17) is 11.6 Å². The van der Waals surface area contributed by atoms with Crippen molar-refractivity contribution in [3.05, 3.63) is 77.1 Å². The van der Waals surface area contributed by atoms with E-state index < -0.39 is 11.6 Å². The first kappa shape index (κ1) is 19.5. The highest BCUT2D eigenvalue weighted by molar-refractivity contribution is 6.30. The van der Waals surface area contributed by atoms with Crippen LogP contribution in [0.4, 0.5) is 0 Å². The molecule has 4 rings (SSSR count). The van der Waals surface area contributed by atoms with E-state index in [1.54, 1.807) is 17.0 Å². The molecule has 1 amide bonds. The van der Waals surface area contributed by atoms with E-state index in [1.165, 1.54) is 11.0 Å². The molecule has 0 aliphatic carbocycles. The van der Waals surface area contributed by atoms with E-state index in [1.807, 2.05) is 42.5 Å². The highest BCUT2D eigenvalue weighted by Gasteiger charge is 2.37. The number of aliphatic hydroxyl groups is 1. The van der Waals surface area contributed by atoms with Gasteiger partial charge in [-0.15, -0.1) is 5.10 Å². The van der Waals surface area contributed by atoms with Crippen molar-refractivity contribution < 1.29 is 9.90 Å². The molecule has 1 atom stereocenters. The molecule has 0 radical (unpaired) electrons. The van der Waals surface area contributed by atoms with E-state index in [0.717, 1.165) is 11.1 Å². The molecule has 1 aliphatic rings. The molecule has 0 bridgehead atoms. The molecular formula is C21H22ClN5O2. The number of amides is 1. The van der Waals surface area contributed by atoms with Gasteiger partial charge in [-0.05, 0) is 46.5 Å². The van der Waals surface area contributed by atoms with Crippen LogP contribution in [-0.2, 0) is 16.8 Å². The van der Waals surface area contributed by atoms with Crippen LogP contribution >= 0.6 is 11.6 Å². The number of piperidine rings is 1. The lowest BCUT2D eigenvalue weighted by molar-refractivity contribution is -0.139. The van der Waals surface area contributed by atoms with E-state index in [-0.39, 0.29) is 5.91 Å². The fourth-order valence-electron chi connectivity index (χ4n) is 3.80. The molecule has 0 saturated carbocycles. The maximum absolute atomic E-state index is 13.3. The van der Waals surface area contributed by atoms with Gasteiger partial charge in [0.1, 0.15) is 12.4 Å². The fraction of sp³-hybridized carbons (Fsp3) is 0.333. The summed E-state index contributed by atoms with van der Waals surface area (Å²) in [4.78, 5) is 15.1. The summed E-state index contributed by atoms with van der Waals surface area (Å²) < 4.78 is 1.51. The Bertz CT molecular complexity index is 939. The predicted molar refractivity (Wildman–Crippen MR) is 108 cm³/mol. The Labute approximate surface area is 173 Å². The summed E-state index contributed by atoms with van der Waals surface area (Å²) in [6, 6.07) is 16.5. The summed E-state index contributed by atoms with van der Waals surface area (Å²) in [5, 5.41) is 23.1. The predicted octanol–water partition coefficient (Wildman–Crippen LogP) is 2.62. The van der Waals surface area contributed by atoms with Crippen LogP contribution in [0.15, 0.2) is 60.9 Å². The molecule has 1 unspecified atom stereocenters. The number of hydrogen-bond acceptors (Lipinski definition) is 5. The van der Waals surface area contributed by atoms with Gasteiger partial charge in [-0.3, -0.25) is 4.79 Å². The molecular weight excluding hydrogens is 390 g/mol. The van der Waals surface area contributed by atoms with E-state index in [9.17, 15) is 9.90 Å². The van der Waals surface area contributed by atoms with Crippen molar-refractivity contribution in [2.45, 2.75) is 30.9 Å². The second kappa shape index (κ2) is 8.31. The van der Waals surface area contributed by atoms with Crippen molar-refractivity contribution in [3.8, 4) is 0 Å². The zero-order valence-electron chi connectivity index (χ0n) is 15.9. The number of rotatable bonds is 5. The Balaban J connectivity index is 1.48. The average molecular weight is 412 g/mol. The number of likely N-dealkylation sites (tertiary alicyclic amines) is 1. The molecule has 1 N–H and O–H groups in total. The summed E-state index contributed by atoms with van der Waals surface area (Å²) in [6.07, 6.45) is 2.91. The number of aromatic nitrogens is 4. The summed E-state index contributed by atoms with van der Waals surface area (Å²) in [5.41, 5.74) is 0.914. The average Bonchev–Trinajstić information content (AvgIpc) is 3.28. The summed E-state index contributed by atoms with van der Waals surface area (Å²) in [5.74, 6) is -0.0423. The fourth-order valence-corrected chi connectivity index (χ4v) is 3.93. The van der Waals surface area contributed by atoms with Gasteiger partial charge in [0.05, 0.1) is 5.60 Å². The molecule has 7 nitrogen and oxygen atoms in total. The van der Waals surface area contributed by atoms with Gasteiger partial charge in [0.25, 0.3) is 0 Å². The van der Waals surface area contributed by atoms with Gasteiger partial charge in [-0.2, -0.15) is 0 Å². The molecule has 1 aliphatic heterocycles. The maximum atomic E-state index is 13.3. The van der Waals surface area contributed by atoms with Crippen LogP contribution < -0.4 is 0 Å². The summed E-state index contributed by atoms with van der Waals surface area (Å²) in [7, 11) is 0. The van der Waals surface area contributed by atoms with Crippen molar-refractivity contribution in [2.24, 2.45) is 0 Å². The quantitative estimate of drug-likeness (QED) is 0.697. The van der Waals surface area contributed by atoms with Crippen molar-refractivity contribution in [2.75, 3.05) is 13.1 Å². The minimum Gasteiger partial charge on any atom is -0.385 e. The normalized spacial score (nSPS) is 17.1. The van der Waals surface area contributed by atoms with Gasteiger partial charge in [-0.25, -0.2) is 4.68 Å². The highest BCUT2D eigenvalue weighted by Crippen LogP contribution is 2.34. The van der Waals surface area contributed by atoms with E-state index in [0.29, 0.717) is 37.4 Å². The lowest BCUT2D eigenvalue weighted by Gasteiger charge is -2.39. The zero-order chi connectivity index (χ0) is 20.3. The second-order valence-corrected chi connectivity index (χ2v) is 7.80. The molecule has 1 aromatic heterocycles.